The Labute approximate surface area is 105 Å². The molecule has 4 rings (SSSR count). The third-order valence-corrected chi connectivity index (χ3v) is 4.75. The molecule has 0 bridgehead atoms. The molecule has 1 aromatic heterocycles. The van der Waals surface area contributed by atoms with Crippen LogP contribution >= 0.6 is 0 Å². The van der Waals surface area contributed by atoms with Gasteiger partial charge in [0.1, 0.15) is 0 Å². The molecular weight excluding hydrogens is 228 g/mol. The zero-order valence-corrected chi connectivity index (χ0v) is 10.2. The molecule has 1 aromatic rings. The molecule has 2 spiro atoms. The number of amides is 1. The summed E-state index contributed by atoms with van der Waals surface area (Å²) in [6, 6.07) is 3.65. The monoisotopic (exact) mass is 243 g/mol. The molecule has 0 N–H and O–H groups in total. The number of allylic oxidation sites excluding steroid dienone is 1. The Kier molecular flexibility index (Phi) is 1.71. The summed E-state index contributed by atoms with van der Waals surface area (Å²) in [6.07, 6.45) is 5.70. The second-order valence-corrected chi connectivity index (χ2v) is 5.64. The van der Waals surface area contributed by atoms with Crippen molar-refractivity contribution in [1.29, 1.82) is 0 Å². The van der Waals surface area contributed by atoms with Gasteiger partial charge in [0.15, 0.2) is 12.1 Å². The van der Waals surface area contributed by atoms with Gasteiger partial charge in [-0.1, -0.05) is 12.2 Å². The van der Waals surface area contributed by atoms with Crippen LogP contribution < -0.4 is 9.22 Å². The highest BCUT2D eigenvalue weighted by atomic mass is 16.6. The average Bonchev–Trinajstić information content (AvgIpc) is 2.94. The zero-order chi connectivity index (χ0) is 12.4. The van der Waals surface area contributed by atoms with E-state index in [0.717, 1.165) is 38.0 Å². The lowest BCUT2D eigenvalue weighted by Crippen LogP contribution is -2.41. The number of ether oxygens (including phenoxy) is 1. The van der Waals surface area contributed by atoms with Gasteiger partial charge in [0.25, 0.3) is 5.82 Å². The van der Waals surface area contributed by atoms with E-state index in [2.05, 4.69) is 11.6 Å². The second kappa shape index (κ2) is 3.01. The molecule has 1 aliphatic carbocycles. The molecule has 1 saturated carbocycles. The van der Waals surface area contributed by atoms with Crippen LogP contribution in [-0.4, -0.2) is 23.2 Å². The van der Waals surface area contributed by atoms with Crippen LogP contribution in [-0.2, 0) is 0 Å². The SMILES string of the molecule is C=C1CCC2(CC1)C[N+]21C(=O)Oc2cccnc21. The Bertz CT molecular complexity index is 571. The fourth-order valence-corrected chi connectivity index (χ4v) is 3.58. The molecule has 4 heteroatoms. The van der Waals surface area contributed by atoms with Crippen LogP contribution in [0.5, 0.6) is 5.75 Å². The molecule has 1 saturated heterocycles. The molecular formula is C14H15N2O2+. The summed E-state index contributed by atoms with van der Waals surface area (Å²) in [7, 11) is 0. The summed E-state index contributed by atoms with van der Waals surface area (Å²) in [5.41, 5.74) is 1.34. The fourth-order valence-electron chi connectivity index (χ4n) is 3.58. The van der Waals surface area contributed by atoms with Crippen LogP contribution in [0.3, 0.4) is 0 Å². The van der Waals surface area contributed by atoms with Crippen molar-refractivity contribution in [2.24, 2.45) is 0 Å². The Morgan fingerprint density at radius 2 is 2.17 bits per heavy atom. The van der Waals surface area contributed by atoms with E-state index in [4.69, 9.17) is 4.74 Å². The minimum Gasteiger partial charge on any atom is -0.372 e. The Balaban J connectivity index is 1.78. The van der Waals surface area contributed by atoms with Gasteiger partial charge in [0.05, 0.1) is 0 Å². The summed E-state index contributed by atoms with van der Waals surface area (Å²) >= 11 is 0. The van der Waals surface area contributed by atoms with Crippen molar-refractivity contribution in [2.75, 3.05) is 6.54 Å². The van der Waals surface area contributed by atoms with Gasteiger partial charge in [-0.05, 0) is 25.0 Å². The summed E-state index contributed by atoms with van der Waals surface area (Å²) in [5, 5.41) is 0. The number of nitrogens with zero attached hydrogens (tertiary/aromatic N) is 2. The maximum absolute atomic E-state index is 12.3. The van der Waals surface area contributed by atoms with Crippen LogP contribution in [0.4, 0.5) is 10.6 Å². The minimum atomic E-state index is -0.142. The molecule has 1 atom stereocenters. The van der Waals surface area contributed by atoms with E-state index < -0.39 is 0 Å². The number of hydrogen-bond donors (Lipinski definition) is 0. The first kappa shape index (κ1) is 10.3. The van der Waals surface area contributed by atoms with Crippen LogP contribution in [0.2, 0.25) is 0 Å². The topological polar surface area (TPSA) is 39.2 Å². The summed E-state index contributed by atoms with van der Waals surface area (Å²) in [5.74, 6) is 1.46. The second-order valence-electron chi connectivity index (χ2n) is 5.64. The van der Waals surface area contributed by atoms with Gasteiger partial charge in [-0.2, -0.15) is 9.28 Å². The number of quaternary nitrogens is 1. The third kappa shape index (κ3) is 1.00. The number of rotatable bonds is 0. The maximum Gasteiger partial charge on any atom is 0.529 e. The molecule has 3 aliphatic rings. The lowest BCUT2D eigenvalue weighted by Gasteiger charge is -2.22. The number of aromatic nitrogens is 1. The van der Waals surface area contributed by atoms with Gasteiger partial charge in [-0.15, -0.1) is 0 Å². The van der Waals surface area contributed by atoms with Crippen molar-refractivity contribution in [3.63, 3.8) is 0 Å². The standard InChI is InChI=1S/C14H15N2O2/c1-10-4-6-14(7-5-10)9-16(14)12-11(18-13(16)17)3-2-8-15-12/h2-3,8H,1,4-7,9H2/q+1. The van der Waals surface area contributed by atoms with E-state index in [1.807, 2.05) is 12.1 Å². The van der Waals surface area contributed by atoms with Crippen LogP contribution in [0.15, 0.2) is 30.5 Å². The molecule has 1 unspecified atom stereocenters. The average molecular weight is 243 g/mol. The Hall–Kier alpha value is -1.68. The van der Waals surface area contributed by atoms with E-state index in [9.17, 15) is 4.79 Å². The predicted molar refractivity (Wildman–Crippen MR) is 67.3 cm³/mol. The quantitative estimate of drug-likeness (QED) is 0.399. The number of carbonyl (C=O) groups excluding carboxylic acids is 1. The van der Waals surface area contributed by atoms with E-state index in [-0.39, 0.29) is 11.6 Å². The van der Waals surface area contributed by atoms with Crippen molar-refractivity contribution >= 4 is 11.9 Å². The third-order valence-electron chi connectivity index (χ3n) is 4.75. The number of fused-ring (bicyclic) bond motifs is 3. The van der Waals surface area contributed by atoms with Gasteiger partial charge < -0.3 is 4.74 Å². The van der Waals surface area contributed by atoms with Gasteiger partial charge >= 0.3 is 6.09 Å². The Morgan fingerprint density at radius 3 is 2.94 bits per heavy atom. The predicted octanol–water partition coefficient (Wildman–Crippen LogP) is 2.78. The van der Waals surface area contributed by atoms with Gasteiger partial charge in [-0.25, -0.2) is 4.98 Å². The maximum atomic E-state index is 12.3. The van der Waals surface area contributed by atoms with Crippen molar-refractivity contribution in [1.82, 2.24) is 9.47 Å². The van der Waals surface area contributed by atoms with Gasteiger partial charge in [0.2, 0.25) is 5.75 Å². The van der Waals surface area contributed by atoms with E-state index in [0.29, 0.717) is 10.2 Å². The first-order valence-corrected chi connectivity index (χ1v) is 6.41. The van der Waals surface area contributed by atoms with Crippen molar-refractivity contribution < 1.29 is 9.53 Å². The minimum absolute atomic E-state index is 0.0396. The van der Waals surface area contributed by atoms with Crippen molar-refractivity contribution in [3.05, 3.63) is 30.5 Å². The highest BCUT2D eigenvalue weighted by Crippen LogP contribution is 2.60. The molecule has 3 heterocycles. The van der Waals surface area contributed by atoms with Gasteiger partial charge in [0, 0.05) is 19.0 Å². The highest BCUT2D eigenvalue weighted by Gasteiger charge is 2.80. The molecule has 1 amide bonds. The molecule has 2 aliphatic heterocycles. The highest BCUT2D eigenvalue weighted by molar-refractivity contribution is 5.95. The van der Waals surface area contributed by atoms with Gasteiger partial charge in [-0.3, -0.25) is 0 Å². The van der Waals surface area contributed by atoms with E-state index in [1.165, 1.54) is 5.57 Å². The first-order valence-electron chi connectivity index (χ1n) is 6.41. The van der Waals surface area contributed by atoms with Crippen molar-refractivity contribution in [2.45, 2.75) is 31.2 Å². The smallest absolute Gasteiger partial charge is 0.372 e. The first-order chi connectivity index (χ1) is 8.68. The lowest BCUT2D eigenvalue weighted by molar-refractivity contribution is 0.186. The van der Waals surface area contributed by atoms with Crippen LogP contribution in [0.1, 0.15) is 25.7 Å². The normalized spacial score (nSPS) is 31.6. The number of carbonyl (C=O) groups is 1. The fraction of sp³-hybridized carbons (Fsp3) is 0.429. The lowest BCUT2D eigenvalue weighted by atomic mass is 9.85. The van der Waals surface area contributed by atoms with Crippen LogP contribution in [0.25, 0.3) is 0 Å². The molecule has 0 radical (unpaired) electrons. The molecule has 2 fully saturated rings. The zero-order valence-electron chi connectivity index (χ0n) is 10.2. The largest absolute Gasteiger partial charge is 0.529 e. The molecule has 0 aromatic carbocycles. The molecule has 4 nitrogen and oxygen atoms in total. The molecule has 18 heavy (non-hydrogen) atoms. The van der Waals surface area contributed by atoms with E-state index in [1.54, 1.807) is 6.20 Å². The van der Waals surface area contributed by atoms with E-state index >= 15 is 0 Å². The van der Waals surface area contributed by atoms with Crippen molar-refractivity contribution in [3.8, 4) is 5.75 Å². The summed E-state index contributed by atoms with van der Waals surface area (Å²) in [6.45, 7) is 4.90. The number of pyridine rings is 1. The van der Waals surface area contributed by atoms with Crippen LogP contribution in [0, 0.1) is 0 Å². The Morgan fingerprint density at radius 1 is 1.39 bits per heavy atom. The number of hydrogen-bond acceptors (Lipinski definition) is 3. The molecule has 92 valence electrons. The summed E-state index contributed by atoms with van der Waals surface area (Å²) < 4.78 is 5.72. The summed E-state index contributed by atoms with van der Waals surface area (Å²) in [4.78, 5) is 16.7.